The minimum absolute atomic E-state index is 0.313. The molecule has 0 saturated carbocycles. The third kappa shape index (κ3) is 5.41. The molecule has 18 heavy (non-hydrogen) atoms. The molecule has 1 aromatic rings. The number of halogens is 1. The fourth-order valence-electron chi connectivity index (χ4n) is 1.84. The van der Waals surface area contributed by atoms with E-state index < -0.39 is 0 Å². The largest absolute Gasteiger partial charge is 0.374 e. The highest BCUT2D eigenvalue weighted by Gasteiger charge is 2.14. The van der Waals surface area contributed by atoms with Crippen LogP contribution in [0.1, 0.15) is 39.0 Å². The third-order valence-electron chi connectivity index (χ3n) is 2.86. The maximum atomic E-state index is 11.4. The second-order valence-corrected chi connectivity index (χ2v) is 4.90. The molecule has 0 aromatic heterocycles. The standard InChI is InChI=1S/C14H21ClN2O/c1-2-3-4-5-9-13(14(16)18)17-12-8-6-7-11(15)10-12/h6-8,10,13,17H,2-5,9H2,1H3,(H2,16,18). The molecule has 1 unspecified atom stereocenters. The Bertz CT molecular complexity index is 382. The maximum absolute atomic E-state index is 11.4. The predicted molar refractivity (Wildman–Crippen MR) is 76.8 cm³/mol. The first-order valence-corrected chi connectivity index (χ1v) is 6.82. The highest BCUT2D eigenvalue weighted by Crippen LogP contribution is 2.17. The van der Waals surface area contributed by atoms with E-state index >= 15 is 0 Å². The minimum atomic E-state index is -0.319. The number of nitrogens with one attached hydrogen (secondary N) is 1. The Morgan fingerprint density at radius 2 is 2.17 bits per heavy atom. The van der Waals surface area contributed by atoms with Gasteiger partial charge in [-0.2, -0.15) is 0 Å². The summed E-state index contributed by atoms with van der Waals surface area (Å²) in [6.07, 6.45) is 5.29. The lowest BCUT2D eigenvalue weighted by atomic mass is 10.1. The quantitative estimate of drug-likeness (QED) is 0.708. The topological polar surface area (TPSA) is 55.1 Å². The van der Waals surface area contributed by atoms with Gasteiger partial charge < -0.3 is 11.1 Å². The van der Waals surface area contributed by atoms with Gasteiger partial charge in [-0.1, -0.05) is 50.3 Å². The zero-order chi connectivity index (χ0) is 13.4. The first-order valence-electron chi connectivity index (χ1n) is 6.45. The van der Waals surface area contributed by atoms with Crippen LogP contribution in [0.15, 0.2) is 24.3 Å². The monoisotopic (exact) mass is 268 g/mol. The summed E-state index contributed by atoms with van der Waals surface area (Å²) in [4.78, 5) is 11.4. The Labute approximate surface area is 114 Å². The van der Waals surface area contributed by atoms with Gasteiger partial charge in [-0.05, 0) is 24.6 Å². The van der Waals surface area contributed by atoms with Crippen LogP contribution in [0.25, 0.3) is 0 Å². The van der Waals surface area contributed by atoms with Crippen molar-refractivity contribution in [3.63, 3.8) is 0 Å². The molecule has 0 aliphatic carbocycles. The number of nitrogens with two attached hydrogens (primary N) is 1. The molecule has 1 atom stereocenters. The summed E-state index contributed by atoms with van der Waals surface area (Å²) < 4.78 is 0. The summed E-state index contributed by atoms with van der Waals surface area (Å²) in [6, 6.07) is 7.00. The number of anilines is 1. The summed E-state index contributed by atoms with van der Waals surface area (Å²) in [5.41, 5.74) is 6.24. The summed E-state index contributed by atoms with van der Waals surface area (Å²) in [6.45, 7) is 2.16. The third-order valence-corrected chi connectivity index (χ3v) is 3.09. The van der Waals surface area contributed by atoms with Gasteiger partial charge in [-0.15, -0.1) is 0 Å². The normalized spacial score (nSPS) is 12.1. The molecule has 0 aliphatic heterocycles. The van der Waals surface area contributed by atoms with E-state index in [1.54, 1.807) is 12.1 Å². The van der Waals surface area contributed by atoms with Crippen molar-refractivity contribution < 1.29 is 4.79 Å². The van der Waals surface area contributed by atoms with Crippen LogP contribution in [0.4, 0.5) is 5.69 Å². The molecule has 0 heterocycles. The van der Waals surface area contributed by atoms with Gasteiger partial charge >= 0.3 is 0 Å². The molecule has 0 aliphatic rings. The number of rotatable bonds is 8. The predicted octanol–water partition coefficient (Wildman–Crippen LogP) is 3.58. The van der Waals surface area contributed by atoms with Gasteiger partial charge in [0.15, 0.2) is 0 Å². The average molecular weight is 269 g/mol. The summed E-state index contributed by atoms with van der Waals surface area (Å²) in [7, 11) is 0. The van der Waals surface area contributed by atoms with E-state index in [0.717, 1.165) is 24.9 Å². The zero-order valence-electron chi connectivity index (χ0n) is 10.8. The Hall–Kier alpha value is -1.22. The molecule has 4 heteroatoms. The molecule has 100 valence electrons. The minimum Gasteiger partial charge on any atom is -0.374 e. The fourth-order valence-corrected chi connectivity index (χ4v) is 2.03. The lowest BCUT2D eigenvalue weighted by molar-refractivity contribution is -0.118. The number of primary amides is 1. The van der Waals surface area contributed by atoms with Gasteiger partial charge in [0.2, 0.25) is 5.91 Å². The highest BCUT2D eigenvalue weighted by molar-refractivity contribution is 6.30. The molecule has 1 amide bonds. The average Bonchev–Trinajstić information content (AvgIpc) is 2.33. The van der Waals surface area contributed by atoms with Crippen molar-refractivity contribution in [1.82, 2.24) is 0 Å². The van der Waals surface area contributed by atoms with Crippen molar-refractivity contribution in [3.05, 3.63) is 29.3 Å². The van der Waals surface area contributed by atoms with Crippen LogP contribution in [0, 0.1) is 0 Å². The molecule has 3 nitrogen and oxygen atoms in total. The van der Waals surface area contributed by atoms with Crippen LogP contribution in [-0.4, -0.2) is 11.9 Å². The maximum Gasteiger partial charge on any atom is 0.239 e. The van der Waals surface area contributed by atoms with Crippen LogP contribution >= 0.6 is 11.6 Å². The first-order chi connectivity index (χ1) is 8.63. The highest BCUT2D eigenvalue weighted by atomic mass is 35.5. The smallest absolute Gasteiger partial charge is 0.239 e. The van der Waals surface area contributed by atoms with E-state index in [4.69, 9.17) is 17.3 Å². The van der Waals surface area contributed by atoms with E-state index in [1.807, 2.05) is 12.1 Å². The van der Waals surface area contributed by atoms with E-state index in [-0.39, 0.29) is 11.9 Å². The Kier molecular flexibility index (Phi) is 6.58. The van der Waals surface area contributed by atoms with Crippen LogP contribution < -0.4 is 11.1 Å². The SMILES string of the molecule is CCCCCCC(Nc1cccc(Cl)c1)C(N)=O. The summed E-state index contributed by atoms with van der Waals surface area (Å²) in [5.74, 6) is -0.313. The van der Waals surface area contributed by atoms with Crippen molar-refractivity contribution in [3.8, 4) is 0 Å². The Balaban J connectivity index is 2.50. The van der Waals surface area contributed by atoms with E-state index in [1.165, 1.54) is 12.8 Å². The van der Waals surface area contributed by atoms with Crippen LogP contribution in [0.5, 0.6) is 0 Å². The molecule has 0 spiro atoms. The number of amides is 1. The Morgan fingerprint density at radius 3 is 2.78 bits per heavy atom. The number of unbranched alkanes of at least 4 members (excludes halogenated alkanes) is 3. The Morgan fingerprint density at radius 1 is 1.39 bits per heavy atom. The van der Waals surface area contributed by atoms with Crippen LogP contribution in [-0.2, 0) is 4.79 Å². The number of carbonyl (C=O) groups excluding carboxylic acids is 1. The second kappa shape index (κ2) is 7.98. The number of hydrogen-bond acceptors (Lipinski definition) is 2. The molecular formula is C14H21ClN2O. The van der Waals surface area contributed by atoms with Crippen molar-refractivity contribution in [2.45, 2.75) is 45.1 Å². The molecule has 1 rings (SSSR count). The summed E-state index contributed by atoms with van der Waals surface area (Å²) >= 11 is 5.90. The number of carbonyl (C=O) groups is 1. The molecule has 1 aromatic carbocycles. The molecule has 0 saturated heterocycles. The van der Waals surface area contributed by atoms with Gasteiger partial charge in [0.25, 0.3) is 0 Å². The number of hydrogen-bond donors (Lipinski definition) is 2. The van der Waals surface area contributed by atoms with Gasteiger partial charge in [-0.25, -0.2) is 0 Å². The van der Waals surface area contributed by atoms with Crippen LogP contribution in [0.2, 0.25) is 5.02 Å². The fraction of sp³-hybridized carbons (Fsp3) is 0.500. The molecule has 0 bridgehead atoms. The van der Waals surface area contributed by atoms with Gasteiger partial charge in [0, 0.05) is 10.7 Å². The zero-order valence-corrected chi connectivity index (χ0v) is 11.5. The lowest BCUT2D eigenvalue weighted by Crippen LogP contribution is -2.35. The van der Waals surface area contributed by atoms with E-state index in [2.05, 4.69) is 12.2 Å². The van der Waals surface area contributed by atoms with Crippen LogP contribution in [0.3, 0.4) is 0 Å². The molecule has 0 fully saturated rings. The van der Waals surface area contributed by atoms with Gasteiger partial charge in [0.05, 0.1) is 0 Å². The van der Waals surface area contributed by atoms with Crippen molar-refractivity contribution >= 4 is 23.2 Å². The van der Waals surface area contributed by atoms with Gasteiger partial charge in [0.1, 0.15) is 6.04 Å². The van der Waals surface area contributed by atoms with Crippen molar-refractivity contribution in [2.24, 2.45) is 5.73 Å². The summed E-state index contributed by atoms with van der Waals surface area (Å²) in [5, 5.41) is 3.78. The second-order valence-electron chi connectivity index (χ2n) is 4.46. The van der Waals surface area contributed by atoms with Crippen molar-refractivity contribution in [2.75, 3.05) is 5.32 Å². The first kappa shape index (κ1) is 14.8. The van der Waals surface area contributed by atoms with Gasteiger partial charge in [-0.3, -0.25) is 4.79 Å². The molecule has 3 N–H and O–H groups in total. The number of benzene rings is 1. The van der Waals surface area contributed by atoms with Crippen molar-refractivity contribution in [1.29, 1.82) is 0 Å². The van der Waals surface area contributed by atoms with E-state index in [0.29, 0.717) is 5.02 Å². The molecule has 0 radical (unpaired) electrons. The lowest BCUT2D eigenvalue weighted by Gasteiger charge is -2.16. The molecular weight excluding hydrogens is 248 g/mol. The van der Waals surface area contributed by atoms with E-state index in [9.17, 15) is 4.79 Å².